The molecule has 1 N–H and O–H groups in total. The maximum absolute atomic E-state index is 13.0. The van der Waals surface area contributed by atoms with E-state index in [1.165, 1.54) is 31.5 Å². The molecule has 0 radical (unpaired) electrons. The number of non-ortho nitro benzene ring substituents is 1. The third-order valence-corrected chi connectivity index (χ3v) is 5.84. The van der Waals surface area contributed by atoms with Crippen LogP contribution < -0.4 is 0 Å². The number of hydrogen-bond donors (Lipinski definition) is 1. The molecule has 0 aliphatic heterocycles. The largest absolute Gasteiger partial charge is 0.394 e. The molecule has 2 heterocycles. The van der Waals surface area contributed by atoms with E-state index in [9.17, 15) is 23.6 Å². The first-order valence-corrected chi connectivity index (χ1v) is 9.63. The van der Waals surface area contributed by atoms with E-state index in [1.54, 1.807) is 22.8 Å². The Morgan fingerprint density at radius 3 is 2.86 bits per heavy atom. The number of aromatic nitrogens is 2. The minimum Gasteiger partial charge on any atom is -0.394 e. The van der Waals surface area contributed by atoms with Crippen LogP contribution in [0.1, 0.15) is 11.1 Å². The van der Waals surface area contributed by atoms with Crippen molar-refractivity contribution in [2.24, 2.45) is 5.10 Å². The fourth-order valence-electron chi connectivity index (χ4n) is 2.60. The smallest absolute Gasteiger partial charge is 0.279 e. The highest BCUT2D eigenvalue weighted by molar-refractivity contribution is 7.89. The van der Waals surface area contributed by atoms with Gasteiger partial charge in [-0.15, -0.1) is 0 Å². The molecule has 0 saturated carbocycles. The summed E-state index contributed by atoms with van der Waals surface area (Å²) in [5.74, 6) is 0. The van der Waals surface area contributed by atoms with Crippen LogP contribution in [-0.4, -0.2) is 51.8 Å². The molecule has 0 aliphatic rings. The molecule has 0 unspecified atom stereocenters. The number of aliphatic hydroxyl groups is 1. The maximum Gasteiger partial charge on any atom is 0.279 e. The van der Waals surface area contributed by atoms with E-state index in [1.807, 2.05) is 6.07 Å². The summed E-state index contributed by atoms with van der Waals surface area (Å²) in [6.07, 6.45) is 4.59. The molecule has 3 aromatic rings. The summed E-state index contributed by atoms with van der Waals surface area (Å²) in [6.45, 7) is 0.752. The summed E-state index contributed by atoms with van der Waals surface area (Å²) in [4.78, 5) is 10.1. The van der Waals surface area contributed by atoms with Crippen molar-refractivity contribution in [3.8, 4) is 0 Å². The van der Waals surface area contributed by atoms with Crippen LogP contribution in [0, 0.1) is 17.0 Å². The minimum absolute atomic E-state index is 0.243. The number of benzene rings is 1. The molecule has 0 fully saturated rings. The molecule has 0 amide bonds. The van der Waals surface area contributed by atoms with E-state index in [4.69, 9.17) is 0 Å². The van der Waals surface area contributed by atoms with Gasteiger partial charge in [-0.1, -0.05) is 12.1 Å². The molecule has 11 heteroatoms. The average molecular weight is 403 g/mol. The predicted molar refractivity (Wildman–Crippen MR) is 102 cm³/mol. The zero-order chi connectivity index (χ0) is 20.3. The summed E-state index contributed by atoms with van der Waals surface area (Å²) >= 11 is 0. The average Bonchev–Trinajstić information content (AvgIpc) is 3.08. The summed E-state index contributed by atoms with van der Waals surface area (Å²) in [5, 5.41) is 28.4. The number of aryl methyl sites for hydroxylation is 1. The lowest BCUT2D eigenvalue weighted by Crippen LogP contribution is -2.29. The van der Waals surface area contributed by atoms with E-state index in [2.05, 4.69) is 10.2 Å². The fourth-order valence-corrected chi connectivity index (χ4v) is 4.06. The number of hydrazone groups is 1. The van der Waals surface area contributed by atoms with E-state index in [0.29, 0.717) is 15.5 Å². The second-order valence-electron chi connectivity index (χ2n) is 5.86. The number of hydrogen-bond acceptors (Lipinski definition) is 7. The topological polar surface area (TPSA) is 130 Å². The highest BCUT2D eigenvalue weighted by atomic mass is 32.2. The number of nitro groups is 1. The highest BCUT2D eigenvalue weighted by Crippen LogP contribution is 2.25. The summed E-state index contributed by atoms with van der Waals surface area (Å²) in [6, 6.07) is 8.98. The lowest BCUT2D eigenvalue weighted by atomic mass is 10.2. The summed E-state index contributed by atoms with van der Waals surface area (Å²) in [5.41, 5.74) is 1.29. The Balaban J connectivity index is 2.01. The Hall–Kier alpha value is -3.31. The van der Waals surface area contributed by atoms with Crippen molar-refractivity contribution in [2.75, 3.05) is 13.2 Å². The van der Waals surface area contributed by atoms with Crippen molar-refractivity contribution in [1.82, 2.24) is 14.0 Å². The zero-order valence-corrected chi connectivity index (χ0v) is 15.7. The van der Waals surface area contributed by atoms with Crippen molar-refractivity contribution in [3.05, 3.63) is 70.0 Å². The number of sulfonamides is 1. The molecular formula is C17H17N5O5S. The lowest BCUT2D eigenvalue weighted by Gasteiger charge is -2.19. The molecular weight excluding hydrogens is 386 g/mol. The van der Waals surface area contributed by atoms with Crippen LogP contribution in [0.25, 0.3) is 5.52 Å². The zero-order valence-electron chi connectivity index (χ0n) is 14.8. The third-order valence-electron chi connectivity index (χ3n) is 4.01. The Morgan fingerprint density at radius 1 is 1.36 bits per heavy atom. The van der Waals surface area contributed by atoms with Gasteiger partial charge in [-0.05, 0) is 24.6 Å². The van der Waals surface area contributed by atoms with Crippen molar-refractivity contribution >= 4 is 27.4 Å². The second-order valence-corrected chi connectivity index (χ2v) is 7.67. The molecule has 3 rings (SSSR count). The van der Waals surface area contributed by atoms with E-state index in [-0.39, 0.29) is 17.1 Å². The number of nitro benzene ring substituents is 1. The molecule has 0 bridgehead atoms. The first kappa shape index (κ1) is 19.5. The van der Waals surface area contributed by atoms with Crippen LogP contribution in [0.15, 0.2) is 58.8 Å². The number of rotatable bonds is 7. The van der Waals surface area contributed by atoms with Gasteiger partial charge in [0.15, 0.2) is 0 Å². The van der Waals surface area contributed by atoms with Gasteiger partial charge in [-0.25, -0.2) is 4.52 Å². The van der Waals surface area contributed by atoms with Gasteiger partial charge in [-0.3, -0.25) is 10.1 Å². The third kappa shape index (κ3) is 3.70. The van der Waals surface area contributed by atoms with Gasteiger partial charge in [0.05, 0.1) is 40.9 Å². The van der Waals surface area contributed by atoms with Crippen molar-refractivity contribution < 1.29 is 18.4 Å². The fraction of sp³-hybridized carbons (Fsp3) is 0.176. The van der Waals surface area contributed by atoms with Crippen LogP contribution in [0.3, 0.4) is 0 Å². The molecule has 10 nitrogen and oxygen atoms in total. The van der Waals surface area contributed by atoms with Crippen molar-refractivity contribution in [2.45, 2.75) is 11.8 Å². The first-order chi connectivity index (χ1) is 13.3. The van der Waals surface area contributed by atoms with Crippen LogP contribution in [0.5, 0.6) is 0 Å². The summed E-state index contributed by atoms with van der Waals surface area (Å²) in [7, 11) is -4.21. The molecule has 0 atom stereocenters. The second kappa shape index (κ2) is 7.74. The summed E-state index contributed by atoms with van der Waals surface area (Å²) < 4.78 is 28.3. The number of aliphatic hydroxyl groups excluding tert-OH is 1. The Labute approximate surface area is 160 Å². The molecule has 0 aliphatic carbocycles. The van der Waals surface area contributed by atoms with Crippen molar-refractivity contribution in [1.29, 1.82) is 0 Å². The van der Waals surface area contributed by atoms with Crippen LogP contribution in [-0.2, 0) is 10.0 Å². The van der Waals surface area contributed by atoms with E-state index in [0.717, 1.165) is 11.6 Å². The predicted octanol–water partition coefficient (Wildman–Crippen LogP) is 1.57. The van der Waals surface area contributed by atoms with Crippen LogP contribution >= 0.6 is 0 Å². The Bertz CT molecular complexity index is 1160. The Morgan fingerprint density at radius 2 is 2.14 bits per heavy atom. The van der Waals surface area contributed by atoms with Crippen LogP contribution in [0.2, 0.25) is 0 Å². The number of pyridine rings is 1. The molecule has 2 aromatic heterocycles. The van der Waals surface area contributed by atoms with Crippen molar-refractivity contribution in [3.63, 3.8) is 0 Å². The lowest BCUT2D eigenvalue weighted by molar-refractivity contribution is -0.385. The van der Waals surface area contributed by atoms with Gasteiger partial charge >= 0.3 is 0 Å². The standard InChI is InChI=1S/C17H17N5O5S/c1-13-5-6-15(22(24)25)10-17(13)28(26,27)21(8-9-23)19-12-14-11-18-20-7-3-2-4-16(14)20/h2-7,10-12,23H,8-9H2,1H3/b19-12+. The Kier molecular flexibility index (Phi) is 5.38. The molecule has 28 heavy (non-hydrogen) atoms. The minimum atomic E-state index is -4.21. The molecule has 0 saturated heterocycles. The van der Waals surface area contributed by atoms with E-state index < -0.39 is 21.6 Å². The first-order valence-electron chi connectivity index (χ1n) is 8.19. The maximum atomic E-state index is 13.0. The van der Waals surface area contributed by atoms with Gasteiger partial charge in [0.25, 0.3) is 15.7 Å². The normalized spacial score (nSPS) is 11.9. The highest BCUT2D eigenvalue weighted by Gasteiger charge is 2.26. The monoisotopic (exact) mass is 403 g/mol. The van der Waals surface area contributed by atoms with Gasteiger partial charge in [-0.2, -0.15) is 23.0 Å². The number of nitrogens with zero attached hydrogens (tertiary/aromatic N) is 5. The molecule has 1 aromatic carbocycles. The molecule has 0 spiro atoms. The SMILES string of the molecule is Cc1ccc([N+](=O)[O-])cc1S(=O)(=O)N(CCO)/N=C/c1cnn2ccccc12. The quantitative estimate of drug-likeness (QED) is 0.362. The van der Waals surface area contributed by atoms with Gasteiger partial charge in [0, 0.05) is 23.9 Å². The van der Waals surface area contributed by atoms with E-state index >= 15 is 0 Å². The van der Waals surface area contributed by atoms with Crippen LogP contribution in [0.4, 0.5) is 5.69 Å². The van der Waals surface area contributed by atoms with Gasteiger partial charge in [0.1, 0.15) is 0 Å². The van der Waals surface area contributed by atoms with Gasteiger partial charge < -0.3 is 5.11 Å². The van der Waals surface area contributed by atoms with Gasteiger partial charge in [0.2, 0.25) is 0 Å². The molecule has 146 valence electrons. The number of fused-ring (bicyclic) bond motifs is 1.